The van der Waals surface area contributed by atoms with Gasteiger partial charge in [0.2, 0.25) is 0 Å². The van der Waals surface area contributed by atoms with E-state index in [1.807, 2.05) is 45.4 Å². The molecule has 2 fully saturated rings. The van der Waals surface area contributed by atoms with Crippen LogP contribution in [0, 0.1) is 5.92 Å². The summed E-state index contributed by atoms with van der Waals surface area (Å²) in [6.07, 6.45) is 54.5. The highest BCUT2D eigenvalue weighted by Gasteiger charge is 2.28. The summed E-state index contributed by atoms with van der Waals surface area (Å²) >= 11 is 0. The van der Waals surface area contributed by atoms with Gasteiger partial charge in [0, 0.05) is 82.7 Å². The van der Waals surface area contributed by atoms with E-state index in [-0.39, 0.29) is 41.5 Å². The minimum absolute atomic E-state index is 0.0446. The lowest BCUT2D eigenvalue weighted by atomic mass is 10.0. The maximum Gasteiger partial charge on any atom is 0.318 e. The molecule has 0 spiro atoms. The number of rotatable bonds is 71. The van der Waals surface area contributed by atoms with E-state index >= 15 is 0 Å². The van der Waals surface area contributed by atoms with Gasteiger partial charge in [0.05, 0.1) is 24.0 Å². The van der Waals surface area contributed by atoms with Crippen LogP contribution in [0.25, 0.3) is 0 Å². The topological polar surface area (TPSA) is 125 Å². The first-order valence-electron chi connectivity index (χ1n) is 41.3. The summed E-state index contributed by atoms with van der Waals surface area (Å²) < 4.78 is 23.5. The van der Waals surface area contributed by atoms with Crippen molar-refractivity contribution in [3.05, 3.63) is 24.3 Å². The predicted molar refractivity (Wildman–Crippen MR) is 434 cm³/mol. The number of likely N-dealkylation sites (N-methyl/N-ethyl adjacent to an activating group) is 2. The lowest BCUT2D eigenvalue weighted by molar-refractivity contribution is -0.147. The third-order valence-corrected chi connectivity index (χ3v) is 27.7. The van der Waals surface area contributed by atoms with Gasteiger partial charge >= 0.3 is 23.9 Å². The minimum atomic E-state index is -0.768. The van der Waals surface area contributed by atoms with Crippen molar-refractivity contribution in [3.63, 3.8) is 0 Å². The van der Waals surface area contributed by atoms with Gasteiger partial charge in [-0.25, -0.2) is 0 Å². The minimum Gasteiger partial charge on any atom is -0.465 e. The Kier molecular flexibility index (Phi) is 65.8. The van der Waals surface area contributed by atoms with E-state index in [0.717, 1.165) is 186 Å². The highest BCUT2D eigenvalue weighted by atomic mass is 33.1. The first kappa shape index (κ1) is 93.6. The van der Waals surface area contributed by atoms with E-state index < -0.39 is 9.93 Å². The second kappa shape index (κ2) is 69.6. The standard InChI is InChI=1S/C81H156N6O8S4/c1-8-12-16-20-24-28-36-44-72-96-97-73-70-92-78(88)50-58-85(55-47-57-87-66-62-83(7)63-67-87)59-51-79(89)93-71-74-98-99(75-45-37-29-25-21-17-13-9-2)77(81(91)95-69-43-35-27-23-19-15-11-4)49-39-31-33-41-53-84(54-46-56-86-64-60-82(6)61-65-86)52-40-32-30-38-48-76(5)80(90)94-68-42-34-26-22-18-14-10-3/h34-35,42-43,76-77,99H,8-33,36-41,44-75H2,1-7H3/b42-34-,43-35-. The molecule has 18 heteroatoms. The lowest BCUT2D eigenvalue weighted by Crippen LogP contribution is -2.45. The Balaban J connectivity index is 2.06. The molecular weight excluding hydrogens is 1310 g/mol. The first-order valence-corrected chi connectivity index (χ1v) is 47.0. The molecule has 0 saturated carbocycles. The number of hydrogen-bond acceptors (Lipinski definition) is 17. The number of esters is 4. The second-order valence-electron chi connectivity index (χ2n) is 28.9. The summed E-state index contributed by atoms with van der Waals surface area (Å²) in [5, 5.41) is -0.150. The molecule has 99 heavy (non-hydrogen) atoms. The number of carbonyl (C=O) groups is 4. The van der Waals surface area contributed by atoms with Gasteiger partial charge < -0.3 is 48.3 Å². The number of hydrogen-bond donors (Lipinski definition) is 1. The van der Waals surface area contributed by atoms with E-state index in [0.29, 0.717) is 51.7 Å². The van der Waals surface area contributed by atoms with E-state index in [9.17, 15) is 19.2 Å². The zero-order valence-corrected chi connectivity index (χ0v) is 68.7. The summed E-state index contributed by atoms with van der Waals surface area (Å²) in [6, 6.07) is 0. The molecule has 582 valence electrons. The van der Waals surface area contributed by atoms with Crippen LogP contribution in [0.15, 0.2) is 24.3 Å². The molecule has 0 amide bonds. The molecule has 0 aliphatic carbocycles. The van der Waals surface area contributed by atoms with Gasteiger partial charge in [0.1, 0.15) is 26.4 Å². The van der Waals surface area contributed by atoms with E-state index in [1.54, 1.807) is 0 Å². The smallest absolute Gasteiger partial charge is 0.318 e. The van der Waals surface area contributed by atoms with Gasteiger partial charge in [0.25, 0.3) is 0 Å². The first-order chi connectivity index (χ1) is 48.5. The Bertz CT molecular complexity index is 1910. The average molecular weight is 1470 g/mol. The molecule has 0 N–H and O–H groups in total. The summed E-state index contributed by atoms with van der Waals surface area (Å²) in [5.41, 5.74) is 0. The van der Waals surface area contributed by atoms with Gasteiger partial charge in [-0.2, -0.15) is 9.93 Å². The molecule has 3 unspecified atom stereocenters. The Morgan fingerprint density at radius 1 is 0.404 bits per heavy atom. The van der Waals surface area contributed by atoms with Gasteiger partial charge in [-0.15, -0.1) is 10.8 Å². The number of carbonyl (C=O) groups excluding carboxylic acids is 4. The van der Waals surface area contributed by atoms with Crippen LogP contribution in [0.3, 0.4) is 0 Å². The molecule has 0 aromatic carbocycles. The number of nitrogens with zero attached hydrogens (tertiary/aromatic N) is 6. The van der Waals surface area contributed by atoms with Gasteiger partial charge in [0.15, 0.2) is 0 Å². The molecule has 2 heterocycles. The zero-order valence-electron chi connectivity index (χ0n) is 65.3. The van der Waals surface area contributed by atoms with Crippen LogP contribution in [0.4, 0.5) is 0 Å². The van der Waals surface area contributed by atoms with Crippen molar-refractivity contribution in [2.75, 3.05) is 168 Å². The zero-order chi connectivity index (χ0) is 71.5. The van der Waals surface area contributed by atoms with Crippen molar-refractivity contribution in [1.82, 2.24) is 29.4 Å². The van der Waals surface area contributed by atoms with Crippen molar-refractivity contribution in [3.8, 4) is 0 Å². The summed E-state index contributed by atoms with van der Waals surface area (Å²) in [6.45, 7) is 28.9. The molecular formula is C81H156N6O8S4. The summed E-state index contributed by atoms with van der Waals surface area (Å²) in [7, 11) is 9.24. The third kappa shape index (κ3) is 57.4. The highest BCUT2D eigenvalue weighted by molar-refractivity contribution is 8.85. The maximum atomic E-state index is 14.5. The molecule has 0 aromatic heterocycles. The number of piperazine rings is 2. The third-order valence-electron chi connectivity index (χ3n) is 19.8. The normalized spacial score (nSPS) is 15.6. The highest BCUT2D eigenvalue weighted by Crippen LogP contribution is 2.48. The van der Waals surface area contributed by atoms with E-state index in [2.05, 4.69) is 89.4 Å². The Morgan fingerprint density at radius 3 is 1.30 bits per heavy atom. The molecule has 14 nitrogen and oxygen atoms in total. The van der Waals surface area contributed by atoms with E-state index in [1.165, 1.54) is 167 Å². The van der Waals surface area contributed by atoms with Crippen LogP contribution < -0.4 is 0 Å². The van der Waals surface area contributed by atoms with Crippen molar-refractivity contribution in [1.29, 1.82) is 0 Å². The van der Waals surface area contributed by atoms with Crippen LogP contribution in [0.2, 0.25) is 0 Å². The van der Waals surface area contributed by atoms with Crippen LogP contribution in [0.1, 0.15) is 291 Å². The number of ether oxygens (including phenoxy) is 4. The molecule has 3 atom stereocenters. The van der Waals surface area contributed by atoms with Crippen molar-refractivity contribution in [2.24, 2.45) is 5.92 Å². The fourth-order valence-electron chi connectivity index (χ4n) is 13.0. The second-order valence-corrected chi connectivity index (χ2v) is 36.4. The number of thiol groups is 1. The Labute approximate surface area is 624 Å². The lowest BCUT2D eigenvalue weighted by Gasteiger charge is -2.33. The quantitative estimate of drug-likeness (QED) is 0.0155. The molecule has 0 bridgehead atoms. The van der Waals surface area contributed by atoms with Crippen LogP contribution in [-0.4, -0.2) is 227 Å². The van der Waals surface area contributed by atoms with Gasteiger partial charge in [-0.3, -0.25) is 19.2 Å². The number of unbranched alkanes of at least 4 members (excludes halogenated alkanes) is 28. The van der Waals surface area contributed by atoms with Crippen LogP contribution in [-0.2, 0) is 38.1 Å². The molecule has 0 aromatic rings. The molecule has 2 aliphatic heterocycles. The van der Waals surface area contributed by atoms with Crippen LogP contribution >= 0.6 is 42.3 Å². The fourth-order valence-corrected chi connectivity index (χ4v) is 20.1. The monoisotopic (exact) mass is 1470 g/mol. The summed E-state index contributed by atoms with van der Waals surface area (Å²) in [5.74, 6) is 3.10. The van der Waals surface area contributed by atoms with Crippen molar-refractivity contribution < 1.29 is 38.1 Å². The molecule has 2 saturated heterocycles. The van der Waals surface area contributed by atoms with Gasteiger partial charge in [-0.05, 0) is 136 Å². The van der Waals surface area contributed by atoms with Crippen molar-refractivity contribution >= 4 is 66.2 Å². The van der Waals surface area contributed by atoms with Crippen molar-refractivity contribution in [2.45, 2.75) is 297 Å². The molecule has 2 aliphatic rings. The Morgan fingerprint density at radius 2 is 0.798 bits per heavy atom. The average Bonchev–Trinajstić information content (AvgIpc) is 1.46. The predicted octanol–water partition coefficient (Wildman–Crippen LogP) is 19.1. The SMILES string of the molecule is CCCCCC/C=C\COC(=O)C(C)CCCCCCN(CCCCCCC(C(=O)OC/C=C\CCCCCC)[SH](CCCCCCCCCC)SCCOC(=O)CCN(CCCN1CCN(C)CC1)CCC(=O)OCCSSCCCCCCCCCC)CCCN1CCN(C)CC1. The molecule has 2 rings (SSSR count). The Hall–Kier alpha value is -1.48. The largest absolute Gasteiger partial charge is 0.465 e. The maximum absolute atomic E-state index is 14.5. The fraction of sp³-hybridized carbons (Fsp3) is 0.901. The van der Waals surface area contributed by atoms with E-state index in [4.69, 9.17) is 18.9 Å². The van der Waals surface area contributed by atoms with Gasteiger partial charge in [-0.1, -0.05) is 247 Å². The number of allylic oxidation sites excluding steroid dienone is 2. The van der Waals surface area contributed by atoms with Crippen LogP contribution in [0.5, 0.6) is 0 Å². The summed E-state index contributed by atoms with van der Waals surface area (Å²) in [4.78, 5) is 68.8. The molecule has 0 radical (unpaired) electrons.